The smallest absolute Gasteiger partial charge is 0.417 e. The van der Waals surface area contributed by atoms with Gasteiger partial charge in [0.25, 0.3) is 11.8 Å². The summed E-state index contributed by atoms with van der Waals surface area (Å²) in [6.45, 7) is 2.14. The molecular formula is C35H29Cl2F3N4O5. The molecule has 1 saturated carbocycles. The number of nitrogens with one attached hydrogen (secondary N) is 1. The Morgan fingerprint density at radius 2 is 1.67 bits per heavy atom. The molecule has 3 aromatic rings. The lowest BCUT2D eigenvalue weighted by Crippen LogP contribution is -2.53. The minimum Gasteiger partial charge on any atom is -0.508 e. The van der Waals surface area contributed by atoms with Crippen molar-refractivity contribution in [3.63, 3.8) is 0 Å². The molecule has 0 spiro atoms. The molecule has 254 valence electrons. The van der Waals surface area contributed by atoms with E-state index in [0.29, 0.717) is 40.4 Å². The Balaban J connectivity index is 1.42. The fourth-order valence-electron chi connectivity index (χ4n) is 8.33. The Morgan fingerprint density at radius 1 is 0.980 bits per heavy atom. The van der Waals surface area contributed by atoms with Gasteiger partial charge in [0.05, 0.1) is 33.8 Å². The van der Waals surface area contributed by atoms with Gasteiger partial charge in [0, 0.05) is 23.7 Å². The summed E-state index contributed by atoms with van der Waals surface area (Å²) < 4.78 is 40.1. The van der Waals surface area contributed by atoms with E-state index >= 15 is 4.79 Å². The van der Waals surface area contributed by atoms with Crippen LogP contribution >= 0.6 is 23.2 Å². The Morgan fingerprint density at radius 3 is 2.31 bits per heavy atom. The normalized spacial score (nSPS) is 28.0. The number of hydrogen-bond donors (Lipinski definition) is 2. The first-order valence-corrected chi connectivity index (χ1v) is 16.5. The largest absolute Gasteiger partial charge is 0.508 e. The number of rotatable bonds is 6. The van der Waals surface area contributed by atoms with Gasteiger partial charge in [0.15, 0.2) is 5.82 Å². The number of phenols is 1. The molecule has 0 unspecified atom stereocenters. The fourth-order valence-corrected chi connectivity index (χ4v) is 8.67. The summed E-state index contributed by atoms with van der Waals surface area (Å²) in [5.74, 6) is -6.30. The Hall–Kier alpha value is -4.42. The molecule has 49 heavy (non-hydrogen) atoms. The predicted molar refractivity (Wildman–Crippen MR) is 172 cm³/mol. The second-order valence-electron chi connectivity index (χ2n) is 12.8. The first kappa shape index (κ1) is 33.1. The molecule has 2 N–H and O–H groups in total. The van der Waals surface area contributed by atoms with Gasteiger partial charge in [0.1, 0.15) is 5.75 Å². The second kappa shape index (κ2) is 11.9. The zero-order valence-corrected chi connectivity index (χ0v) is 27.4. The van der Waals surface area contributed by atoms with Crippen LogP contribution in [0.15, 0.2) is 72.4 Å². The minimum absolute atomic E-state index is 0.0279. The predicted octanol–water partition coefficient (Wildman–Crippen LogP) is 6.51. The monoisotopic (exact) mass is 712 g/mol. The highest BCUT2D eigenvalue weighted by Gasteiger charge is 2.70. The van der Waals surface area contributed by atoms with Crippen LogP contribution in [0.1, 0.15) is 48.8 Å². The summed E-state index contributed by atoms with van der Waals surface area (Å²) in [6, 6.07) is 13.4. The van der Waals surface area contributed by atoms with Gasteiger partial charge in [-0.25, -0.2) is 4.98 Å². The van der Waals surface area contributed by atoms with Crippen LogP contribution in [-0.4, -0.2) is 50.2 Å². The number of likely N-dealkylation sites (tertiary alicyclic amines) is 1. The lowest BCUT2D eigenvalue weighted by molar-refractivity contribution is -0.141. The summed E-state index contributed by atoms with van der Waals surface area (Å²) >= 11 is 12.5. The number of halogens is 5. The van der Waals surface area contributed by atoms with Crippen LogP contribution in [0.25, 0.3) is 0 Å². The molecule has 9 nitrogen and oxygen atoms in total. The van der Waals surface area contributed by atoms with Crippen LogP contribution in [-0.2, 0) is 30.8 Å². The number of allylic oxidation sites excluding steroid dienone is 2. The van der Waals surface area contributed by atoms with E-state index in [1.54, 1.807) is 36.4 Å². The van der Waals surface area contributed by atoms with Crippen LogP contribution in [0.4, 0.5) is 19.0 Å². The van der Waals surface area contributed by atoms with Crippen molar-refractivity contribution in [2.24, 2.45) is 23.7 Å². The van der Waals surface area contributed by atoms with Crippen LogP contribution < -0.4 is 5.43 Å². The molecule has 2 saturated heterocycles. The maximum atomic E-state index is 15.1. The van der Waals surface area contributed by atoms with E-state index < -0.39 is 63.6 Å². The van der Waals surface area contributed by atoms with Gasteiger partial charge in [-0.2, -0.15) is 18.2 Å². The van der Waals surface area contributed by atoms with Crippen LogP contribution in [0, 0.1) is 23.7 Å². The maximum Gasteiger partial charge on any atom is 0.417 e. The molecule has 0 radical (unpaired) electrons. The van der Waals surface area contributed by atoms with Gasteiger partial charge in [-0.3, -0.25) is 29.5 Å². The molecule has 3 heterocycles. The number of carbonyl (C=O) groups excluding carboxylic acids is 4. The van der Waals surface area contributed by atoms with E-state index in [1.807, 2.05) is 13.0 Å². The molecule has 4 aliphatic rings. The highest BCUT2D eigenvalue weighted by molar-refractivity contribution is 6.33. The standard InChI is InChI=1S/C35H29Cl2F3N4O5/c1-2-13-43-30(46)23-12-11-22-24(27(23)32(43)48)15-25-31(47)44(42-29-26(37)14-19(16-41-29)35(38,39)40)33(49)34(25,18-5-7-20(36)8-6-18)28(22)17-3-9-21(45)10-4-17/h3-11,14,16,23-25,27-28,45H,2,12-13,15H2,1H3,(H,41,42)/t23-,24+,25-,27-,28-,34+/m0/s1. The third kappa shape index (κ3) is 5.01. The topological polar surface area (TPSA) is 120 Å². The zero-order valence-electron chi connectivity index (χ0n) is 25.9. The third-order valence-electron chi connectivity index (χ3n) is 10.3. The number of anilines is 1. The van der Waals surface area contributed by atoms with Crippen LogP contribution in [0.2, 0.25) is 10.0 Å². The van der Waals surface area contributed by atoms with Crippen molar-refractivity contribution in [2.45, 2.75) is 43.7 Å². The first-order chi connectivity index (χ1) is 23.3. The van der Waals surface area contributed by atoms with Gasteiger partial charge in [-0.05, 0) is 66.6 Å². The van der Waals surface area contributed by atoms with Gasteiger partial charge < -0.3 is 5.11 Å². The molecule has 6 atom stereocenters. The number of amides is 4. The number of pyridine rings is 1. The maximum absolute atomic E-state index is 15.1. The lowest BCUT2D eigenvalue weighted by atomic mass is 9.49. The summed E-state index contributed by atoms with van der Waals surface area (Å²) in [5.41, 5.74) is 1.58. The third-order valence-corrected chi connectivity index (χ3v) is 10.9. The zero-order chi connectivity index (χ0) is 35.0. The molecular weight excluding hydrogens is 684 g/mol. The summed E-state index contributed by atoms with van der Waals surface area (Å²) in [6.07, 6.45) is -1.42. The number of hydrogen-bond acceptors (Lipinski definition) is 7. The first-order valence-electron chi connectivity index (χ1n) is 15.8. The lowest BCUT2D eigenvalue weighted by Gasteiger charge is -2.50. The molecule has 2 aliphatic heterocycles. The molecule has 7 rings (SSSR count). The summed E-state index contributed by atoms with van der Waals surface area (Å²) in [4.78, 5) is 62.1. The molecule has 2 aliphatic carbocycles. The number of alkyl halides is 3. The minimum atomic E-state index is -4.73. The van der Waals surface area contributed by atoms with Crippen molar-refractivity contribution < 1.29 is 37.5 Å². The number of phenolic OH excluding ortho intramolecular Hbond substituents is 1. The quantitative estimate of drug-likeness (QED) is 0.221. The molecule has 0 bridgehead atoms. The van der Waals surface area contributed by atoms with Crippen molar-refractivity contribution in [1.29, 1.82) is 0 Å². The SMILES string of the molecule is CCCN1C(=O)[C@H]2[C@H](CC=C3[C@H]2C[C@H]2C(=O)N(Nc4ncc(C(F)(F)F)cc4Cl)C(=O)[C@@]2(c2ccc(Cl)cc2)[C@H]3c2ccc(O)cc2)C1=O. The Bertz CT molecular complexity index is 1920. The van der Waals surface area contributed by atoms with E-state index in [1.165, 1.54) is 17.0 Å². The Labute approximate surface area is 288 Å². The van der Waals surface area contributed by atoms with Crippen molar-refractivity contribution in [3.8, 4) is 5.75 Å². The van der Waals surface area contributed by atoms with E-state index in [4.69, 9.17) is 23.2 Å². The molecule has 1 aromatic heterocycles. The van der Waals surface area contributed by atoms with Crippen molar-refractivity contribution >= 4 is 52.6 Å². The number of carbonyl (C=O) groups is 4. The number of fused-ring (bicyclic) bond motifs is 4. The summed E-state index contributed by atoms with van der Waals surface area (Å²) in [7, 11) is 0. The molecule has 2 aromatic carbocycles. The van der Waals surface area contributed by atoms with Gasteiger partial charge in [-0.1, -0.05) is 66.0 Å². The van der Waals surface area contributed by atoms with Crippen molar-refractivity contribution in [3.05, 3.63) is 99.2 Å². The summed E-state index contributed by atoms with van der Waals surface area (Å²) in [5, 5.41) is 10.9. The van der Waals surface area contributed by atoms with Gasteiger partial charge in [0.2, 0.25) is 11.8 Å². The molecule has 3 fully saturated rings. The highest BCUT2D eigenvalue weighted by atomic mass is 35.5. The van der Waals surface area contributed by atoms with E-state index in [2.05, 4.69) is 10.4 Å². The van der Waals surface area contributed by atoms with E-state index in [-0.39, 0.29) is 42.8 Å². The number of aromatic nitrogens is 1. The average Bonchev–Trinajstić information content (AvgIpc) is 3.43. The van der Waals surface area contributed by atoms with Crippen LogP contribution in [0.3, 0.4) is 0 Å². The van der Waals surface area contributed by atoms with E-state index in [0.717, 1.165) is 5.01 Å². The van der Waals surface area contributed by atoms with Crippen LogP contribution in [0.5, 0.6) is 5.75 Å². The second-order valence-corrected chi connectivity index (χ2v) is 13.7. The van der Waals surface area contributed by atoms with Crippen molar-refractivity contribution in [2.75, 3.05) is 12.0 Å². The molecule has 14 heteroatoms. The number of nitrogens with zero attached hydrogens (tertiary/aromatic N) is 3. The number of imide groups is 2. The van der Waals surface area contributed by atoms with E-state index in [9.17, 15) is 32.7 Å². The molecule has 4 amide bonds. The van der Waals surface area contributed by atoms with Gasteiger partial charge in [-0.15, -0.1) is 0 Å². The number of hydrazine groups is 1. The van der Waals surface area contributed by atoms with Gasteiger partial charge >= 0.3 is 6.18 Å². The Kier molecular flexibility index (Phi) is 8.02. The van der Waals surface area contributed by atoms with Crippen molar-refractivity contribution in [1.82, 2.24) is 14.9 Å². The number of benzene rings is 2. The fraction of sp³-hybridized carbons (Fsp3) is 0.343. The highest BCUT2D eigenvalue weighted by Crippen LogP contribution is 2.64. The average molecular weight is 714 g/mol. The number of aromatic hydroxyl groups is 1.